The minimum atomic E-state index is -0.245. The molecule has 1 unspecified atom stereocenters. The van der Waals surface area contributed by atoms with Gasteiger partial charge in [0.05, 0.1) is 18.8 Å². The van der Waals surface area contributed by atoms with Gasteiger partial charge in [-0.3, -0.25) is 4.90 Å². The first-order valence-electron chi connectivity index (χ1n) is 4.93. The van der Waals surface area contributed by atoms with Gasteiger partial charge in [-0.05, 0) is 20.3 Å². The molecule has 4 nitrogen and oxygen atoms in total. The number of aliphatic hydroxyl groups is 1. The monoisotopic (exact) mass is 196 g/mol. The van der Waals surface area contributed by atoms with Crippen molar-refractivity contribution in [2.45, 2.75) is 38.5 Å². The highest BCUT2D eigenvalue weighted by Crippen LogP contribution is 2.30. The zero-order valence-corrected chi connectivity index (χ0v) is 8.60. The van der Waals surface area contributed by atoms with Crippen LogP contribution in [0, 0.1) is 0 Å². The van der Waals surface area contributed by atoms with Crippen LogP contribution in [0.5, 0.6) is 0 Å². The van der Waals surface area contributed by atoms with Crippen LogP contribution in [0.1, 0.15) is 26.0 Å². The Labute approximate surface area is 83.5 Å². The van der Waals surface area contributed by atoms with Gasteiger partial charge in [-0.2, -0.15) is 0 Å². The van der Waals surface area contributed by atoms with Crippen molar-refractivity contribution in [3.05, 3.63) is 18.0 Å². The van der Waals surface area contributed by atoms with E-state index >= 15 is 0 Å². The molecular weight excluding hydrogens is 180 g/mol. The summed E-state index contributed by atoms with van der Waals surface area (Å²) in [4.78, 5) is 2.22. The van der Waals surface area contributed by atoms with Crippen molar-refractivity contribution in [1.82, 2.24) is 10.1 Å². The maximum absolute atomic E-state index is 9.77. The molecule has 0 amide bonds. The summed E-state index contributed by atoms with van der Waals surface area (Å²) < 4.78 is 5.05. The van der Waals surface area contributed by atoms with Gasteiger partial charge >= 0.3 is 0 Å². The van der Waals surface area contributed by atoms with Gasteiger partial charge < -0.3 is 9.63 Å². The molecule has 2 rings (SSSR count). The molecule has 78 valence electrons. The summed E-state index contributed by atoms with van der Waals surface area (Å²) >= 11 is 0. The molecule has 0 aliphatic carbocycles. The summed E-state index contributed by atoms with van der Waals surface area (Å²) in [7, 11) is 0. The molecule has 0 aromatic carbocycles. The highest BCUT2D eigenvalue weighted by Gasteiger charge is 2.40. The van der Waals surface area contributed by atoms with Crippen LogP contribution in [0.15, 0.2) is 16.8 Å². The second-order valence-corrected chi connectivity index (χ2v) is 4.36. The molecule has 1 aliphatic heterocycles. The van der Waals surface area contributed by atoms with Crippen molar-refractivity contribution in [2.75, 3.05) is 6.54 Å². The highest BCUT2D eigenvalue weighted by molar-refractivity contribution is 5.00. The quantitative estimate of drug-likeness (QED) is 0.767. The summed E-state index contributed by atoms with van der Waals surface area (Å²) in [6.07, 6.45) is 2.24. The third-order valence-corrected chi connectivity index (χ3v) is 3.14. The Kier molecular flexibility index (Phi) is 2.33. The summed E-state index contributed by atoms with van der Waals surface area (Å²) in [5, 5.41) is 13.4. The van der Waals surface area contributed by atoms with Gasteiger partial charge in [0.1, 0.15) is 0 Å². The predicted octanol–water partition coefficient (Wildman–Crippen LogP) is 1.02. The summed E-state index contributed by atoms with van der Waals surface area (Å²) in [5.41, 5.74) is -0.160. The smallest absolute Gasteiger partial charge is 0.150 e. The molecule has 0 bridgehead atoms. The molecule has 2 heterocycles. The van der Waals surface area contributed by atoms with E-state index in [1.54, 1.807) is 6.20 Å². The molecule has 4 heteroatoms. The molecule has 0 spiro atoms. The van der Waals surface area contributed by atoms with Crippen LogP contribution in [-0.2, 0) is 6.54 Å². The van der Waals surface area contributed by atoms with Crippen molar-refractivity contribution in [2.24, 2.45) is 0 Å². The SMILES string of the molecule is CC1(C)C(O)CCN1Cc1ccno1. The predicted molar refractivity (Wildman–Crippen MR) is 51.6 cm³/mol. The molecule has 14 heavy (non-hydrogen) atoms. The second kappa shape index (κ2) is 3.37. The minimum absolute atomic E-state index is 0.160. The number of nitrogens with zero attached hydrogens (tertiary/aromatic N) is 2. The summed E-state index contributed by atoms with van der Waals surface area (Å²) in [5.74, 6) is 0.854. The lowest BCUT2D eigenvalue weighted by atomic mass is 9.99. The average Bonchev–Trinajstić information content (AvgIpc) is 2.70. The number of aromatic nitrogens is 1. The van der Waals surface area contributed by atoms with Crippen molar-refractivity contribution in [3.8, 4) is 0 Å². The van der Waals surface area contributed by atoms with Gasteiger partial charge in [0, 0.05) is 18.2 Å². The Balaban J connectivity index is 2.06. The van der Waals surface area contributed by atoms with Crippen molar-refractivity contribution >= 4 is 0 Å². The van der Waals surface area contributed by atoms with Crippen LogP contribution in [0.2, 0.25) is 0 Å². The zero-order valence-electron chi connectivity index (χ0n) is 8.60. The zero-order chi connectivity index (χ0) is 10.2. The van der Waals surface area contributed by atoms with Crippen LogP contribution in [0.3, 0.4) is 0 Å². The van der Waals surface area contributed by atoms with E-state index in [9.17, 15) is 5.11 Å². The molecule has 0 saturated carbocycles. The first-order chi connectivity index (χ1) is 6.60. The highest BCUT2D eigenvalue weighted by atomic mass is 16.5. The summed E-state index contributed by atoms with van der Waals surface area (Å²) in [6.45, 7) is 5.75. The Hall–Kier alpha value is -0.870. The standard InChI is InChI=1S/C10H16N2O2/c1-10(2)9(13)4-6-12(10)7-8-3-5-11-14-8/h3,5,9,13H,4,6-7H2,1-2H3. The van der Waals surface area contributed by atoms with E-state index in [-0.39, 0.29) is 11.6 Å². The van der Waals surface area contributed by atoms with Crippen molar-refractivity contribution in [1.29, 1.82) is 0 Å². The third kappa shape index (κ3) is 1.55. The van der Waals surface area contributed by atoms with E-state index in [0.29, 0.717) is 0 Å². The maximum Gasteiger partial charge on any atom is 0.150 e. The normalized spacial score (nSPS) is 26.9. The Morgan fingerprint density at radius 3 is 3.00 bits per heavy atom. The summed E-state index contributed by atoms with van der Waals surface area (Å²) in [6, 6.07) is 1.86. The number of aliphatic hydroxyl groups excluding tert-OH is 1. The van der Waals surface area contributed by atoms with Gasteiger partial charge in [0.15, 0.2) is 5.76 Å². The van der Waals surface area contributed by atoms with E-state index in [2.05, 4.69) is 23.9 Å². The van der Waals surface area contributed by atoms with E-state index in [4.69, 9.17) is 4.52 Å². The number of likely N-dealkylation sites (tertiary alicyclic amines) is 1. The van der Waals surface area contributed by atoms with Crippen LogP contribution in [-0.4, -0.2) is 33.4 Å². The molecule has 1 atom stereocenters. The van der Waals surface area contributed by atoms with Crippen LogP contribution in [0.25, 0.3) is 0 Å². The molecular formula is C10H16N2O2. The minimum Gasteiger partial charge on any atom is -0.391 e. The topological polar surface area (TPSA) is 49.5 Å². The van der Waals surface area contributed by atoms with Crippen LogP contribution >= 0.6 is 0 Å². The van der Waals surface area contributed by atoms with Crippen molar-refractivity contribution in [3.63, 3.8) is 0 Å². The fourth-order valence-corrected chi connectivity index (χ4v) is 1.92. The largest absolute Gasteiger partial charge is 0.391 e. The van der Waals surface area contributed by atoms with E-state index in [0.717, 1.165) is 25.3 Å². The molecule has 1 aromatic rings. The Morgan fingerprint density at radius 1 is 1.71 bits per heavy atom. The molecule has 1 aliphatic rings. The molecule has 1 fully saturated rings. The maximum atomic E-state index is 9.77. The molecule has 0 radical (unpaired) electrons. The number of hydrogen-bond donors (Lipinski definition) is 1. The van der Waals surface area contributed by atoms with E-state index < -0.39 is 0 Å². The van der Waals surface area contributed by atoms with E-state index in [1.165, 1.54) is 0 Å². The van der Waals surface area contributed by atoms with Gasteiger partial charge in [-0.1, -0.05) is 5.16 Å². The van der Waals surface area contributed by atoms with E-state index in [1.807, 2.05) is 6.07 Å². The van der Waals surface area contributed by atoms with Gasteiger partial charge in [-0.25, -0.2) is 0 Å². The Morgan fingerprint density at radius 2 is 2.50 bits per heavy atom. The lowest BCUT2D eigenvalue weighted by molar-refractivity contribution is 0.0462. The average molecular weight is 196 g/mol. The molecule has 1 saturated heterocycles. The second-order valence-electron chi connectivity index (χ2n) is 4.36. The lowest BCUT2D eigenvalue weighted by Gasteiger charge is -2.32. The Bertz CT molecular complexity index is 295. The van der Waals surface area contributed by atoms with Crippen LogP contribution < -0.4 is 0 Å². The van der Waals surface area contributed by atoms with Gasteiger partial charge in [-0.15, -0.1) is 0 Å². The fourth-order valence-electron chi connectivity index (χ4n) is 1.92. The van der Waals surface area contributed by atoms with Crippen LogP contribution in [0.4, 0.5) is 0 Å². The molecule has 1 N–H and O–H groups in total. The molecule has 1 aromatic heterocycles. The first-order valence-corrected chi connectivity index (χ1v) is 4.93. The van der Waals surface area contributed by atoms with Gasteiger partial charge in [0.2, 0.25) is 0 Å². The fraction of sp³-hybridized carbons (Fsp3) is 0.700. The van der Waals surface area contributed by atoms with Gasteiger partial charge in [0.25, 0.3) is 0 Å². The number of rotatable bonds is 2. The number of hydrogen-bond acceptors (Lipinski definition) is 4. The third-order valence-electron chi connectivity index (χ3n) is 3.14. The lowest BCUT2D eigenvalue weighted by Crippen LogP contribution is -2.44. The van der Waals surface area contributed by atoms with Crippen molar-refractivity contribution < 1.29 is 9.63 Å². The first kappa shape index (κ1) is 9.68.